The summed E-state index contributed by atoms with van der Waals surface area (Å²) in [5.74, 6) is 0. The van der Waals surface area contributed by atoms with Crippen molar-refractivity contribution in [2.45, 2.75) is 45.8 Å². The smallest absolute Gasteiger partial charge is 0.0678 e. The Morgan fingerprint density at radius 2 is 1.77 bits per heavy atom. The molecule has 1 aliphatic carbocycles. The monoisotopic (exact) mass is 183 g/mol. The summed E-state index contributed by atoms with van der Waals surface area (Å²) in [5, 5.41) is 0. The van der Waals surface area contributed by atoms with Crippen LogP contribution in [0.25, 0.3) is 0 Å². The van der Waals surface area contributed by atoms with Crippen LogP contribution in [0.4, 0.5) is 0 Å². The average Bonchev–Trinajstić information content (AvgIpc) is 2.64. The predicted octanol–water partition coefficient (Wildman–Crippen LogP) is 1.90. The van der Waals surface area contributed by atoms with E-state index in [0.717, 1.165) is 13.1 Å². The third-order valence-electron chi connectivity index (χ3n) is 3.20. The van der Waals surface area contributed by atoms with Gasteiger partial charge in [-0.1, -0.05) is 6.92 Å². The zero-order valence-electron chi connectivity index (χ0n) is 9.05. The second kappa shape index (κ2) is 3.25. The largest absolute Gasteiger partial charge is 0.373 e. The van der Waals surface area contributed by atoms with Crippen LogP contribution in [-0.2, 0) is 4.74 Å². The topological polar surface area (TPSA) is 12.5 Å². The summed E-state index contributed by atoms with van der Waals surface area (Å²) in [5.41, 5.74) is 0.650. The number of hydrogen-bond donors (Lipinski definition) is 0. The minimum atomic E-state index is 0.422. The van der Waals surface area contributed by atoms with E-state index in [0.29, 0.717) is 17.6 Å². The van der Waals surface area contributed by atoms with E-state index in [1.807, 2.05) is 0 Å². The van der Waals surface area contributed by atoms with E-state index in [2.05, 4.69) is 25.7 Å². The molecule has 0 spiro atoms. The average molecular weight is 183 g/mol. The molecule has 13 heavy (non-hydrogen) atoms. The fourth-order valence-corrected chi connectivity index (χ4v) is 2.32. The van der Waals surface area contributed by atoms with Crippen LogP contribution in [0.3, 0.4) is 0 Å². The summed E-state index contributed by atoms with van der Waals surface area (Å²) < 4.78 is 5.71. The Morgan fingerprint density at radius 1 is 1.23 bits per heavy atom. The Labute approximate surface area is 81.3 Å². The zero-order chi connectivity index (χ0) is 9.47. The number of morpholine rings is 1. The van der Waals surface area contributed by atoms with Crippen LogP contribution in [-0.4, -0.2) is 36.7 Å². The van der Waals surface area contributed by atoms with Gasteiger partial charge in [-0.05, 0) is 32.1 Å². The van der Waals surface area contributed by atoms with Gasteiger partial charge in [0.15, 0.2) is 0 Å². The van der Waals surface area contributed by atoms with Gasteiger partial charge in [-0.3, -0.25) is 4.90 Å². The molecule has 1 aliphatic heterocycles. The molecule has 76 valence electrons. The van der Waals surface area contributed by atoms with Crippen LogP contribution in [0.2, 0.25) is 0 Å². The van der Waals surface area contributed by atoms with Gasteiger partial charge in [-0.25, -0.2) is 0 Å². The van der Waals surface area contributed by atoms with Crippen LogP contribution in [0.15, 0.2) is 0 Å². The molecule has 0 aromatic carbocycles. The van der Waals surface area contributed by atoms with Crippen LogP contribution < -0.4 is 0 Å². The standard InChI is InChI=1S/C11H21NO/c1-9-6-12(7-10(2)13-9)8-11(3)4-5-11/h9-10H,4-8H2,1-3H3. The highest BCUT2D eigenvalue weighted by atomic mass is 16.5. The molecule has 0 radical (unpaired) electrons. The Balaban J connectivity index is 1.84. The van der Waals surface area contributed by atoms with Crippen molar-refractivity contribution in [3.8, 4) is 0 Å². The maximum atomic E-state index is 5.71. The molecule has 2 atom stereocenters. The van der Waals surface area contributed by atoms with Crippen molar-refractivity contribution in [2.24, 2.45) is 5.41 Å². The molecule has 0 aromatic rings. The molecule has 0 amide bonds. The molecule has 1 saturated carbocycles. The minimum Gasteiger partial charge on any atom is -0.373 e. The van der Waals surface area contributed by atoms with Gasteiger partial charge in [0.05, 0.1) is 12.2 Å². The molecule has 0 N–H and O–H groups in total. The zero-order valence-corrected chi connectivity index (χ0v) is 9.05. The summed E-state index contributed by atoms with van der Waals surface area (Å²) in [6.45, 7) is 10.3. The SMILES string of the molecule is CC1CN(CC2(C)CC2)CC(C)O1. The maximum absolute atomic E-state index is 5.71. The summed E-state index contributed by atoms with van der Waals surface area (Å²) in [7, 11) is 0. The van der Waals surface area contributed by atoms with E-state index in [1.54, 1.807) is 0 Å². The summed E-state index contributed by atoms with van der Waals surface area (Å²) in [6, 6.07) is 0. The van der Waals surface area contributed by atoms with Crippen molar-refractivity contribution in [3.05, 3.63) is 0 Å². The third-order valence-corrected chi connectivity index (χ3v) is 3.20. The first-order valence-electron chi connectivity index (χ1n) is 5.45. The molecule has 2 rings (SSSR count). The lowest BCUT2D eigenvalue weighted by Gasteiger charge is -2.36. The number of nitrogens with zero attached hydrogens (tertiary/aromatic N) is 1. The van der Waals surface area contributed by atoms with Crippen molar-refractivity contribution in [1.29, 1.82) is 0 Å². The molecule has 2 aliphatic rings. The van der Waals surface area contributed by atoms with Crippen molar-refractivity contribution in [1.82, 2.24) is 4.90 Å². The molecule has 1 saturated heterocycles. The van der Waals surface area contributed by atoms with E-state index < -0.39 is 0 Å². The molecule has 1 heterocycles. The van der Waals surface area contributed by atoms with Gasteiger partial charge >= 0.3 is 0 Å². The van der Waals surface area contributed by atoms with Crippen LogP contribution >= 0.6 is 0 Å². The van der Waals surface area contributed by atoms with Crippen LogP contribution in [0.1, 0.15) is 33.6 Å². The van der Waals surface area contributed by atoms with Gasteiger partial charge in [0, 0.05) is 19.6 Å². The lowest BCUT2D eigenvalue weighted by atomic mass is 10.1. The Bertz CT molecular complexity index is 179. The molecule has 2 nitrogen and oxygen atoms in total. The van der Waals surface area contributed by atoms with Crippen molar-refractivity contribution in [3.63, 3.8) is 0 Å². The van der Waals surface area contributed by atoms with Crippen LogP contribution in [0.5, 0.6) is 0 Å². The molecule has 0 bridgehead atoms. The van der Waals surface area contributed by atoms with Gasteiger partial charge in [0.2, 0.25) is 0 Å². The number of hydrogen-bond acceptors (Lipinski definition) is 2. The Kier molecular flexibility index (Phi) is 2.37. The van der Waals surface area contributed by atoms with Crippen molar-refractivity contribution >= 4 is 0 Å². The second-order valence-electron chi connectivity index (χ2n) is 5.26. The van der Waals surface area contributed by atoms with E-state index in [4.69, 9.17) is 4.74 Å². The minimum absolute atomic E-state index is 0.422. The quantitative estimate of drug-likeness (QED) is 0.648. The number of rotatable bonds is 2. The van der Waals surface area contributed by atoms with E-state index in [-0.39, 0.29) is 0 Å². The molecule has 0 aromatic heterocycles. The molecule has 2 heteroatoms. The lowest BCUT2D eigenvalue weighted by Crippen LogP contribution is -2.47. The normalized spacial score (nSPS) is 39.0. The van der Waals surface area contributed by atoms with Crippen LogP contribution in [0, 0.1) is 5.41 Å². The molecule has 2 unspecified atom stereocenters. The van der Waals surface area contributed by atoms with Gasteiger partial charge < -0.3 is 4.74 Å². The van der Waals surface area contributed by atoms with Gasteiger partial charge in [0.1, 0.15) is 0 Å². The number of ether oxygens (including phenoxy) is 1. The highest BCUT2D eigenvalue weighted by Crippen LogP contribution is 2.45. The van der Waals surface area contributed by atoms with Gasteiger partial charge in [0.25, 0.3) is 0 Å². The first-order chi connectivity index (χ1) is 6.07. The van der Waals surface area contributed by atoms with E-state index in [9.17, 15) is 0 Å². The fraction of sp³-hybridized carbons (Fsp3) is 1.00. The second-order valence-corrected chi connectivity index (χ2v) is 5.26. The highest BCUT2D eigenvalue weighted by Gasteiger charge is 2.39. The van der Waals surface area contributed by atoms with Gasteiger partial charge in [-0.15, -0.1) is 0 Å². The lowest BCUT2D eigenvalue weighted by molar-refractivity contribution is -0.0719. The summed E-state index contributed by atoms with van der Waals surface area (Å²) in [6.07, 6.45) is 3.69. The first-order valence-corrected chi connectivity index (χ1v) is 5.45. The Morgan fingerprint density at radius 3 is 2.23 bits per heavy atom. The van der Waals surface area contributed by atoms with E-state index >= 15 is 0 Å². The predicted molar refractivity (Wildman–Crippen MR) is 53.8 cm³/mol. The van der Waals surface area contributed by atoms with E-state index in [1.165, 1.54) is 19.4 Å². The summed E-state index contributed by atoms with van der Waals surface area (Å²) in [4.78, 5) is 2.58. The molecular weight excluding hydrogens is 162 g/mol. The third kappa shape index (κ3) is 2.44. The van der Waals surface area contributed by atoms with Gasteiger partial charge in [-0.2, -0.15) is 0 Å². The molecular formula is C11H21NO. The first kappa shape index (κ1) is 9.47. The highest BCUT2D eigenvalue weighted by molar-refractivity contribution is 4.92. The van der Waals surface area contributed by atoms with Crippen molar-refractivity contribution < 1.29 is 4.74 Å². The van der Waals surface area contributed by atoms with Crippen molar-refractivity contribution in [2.75, 3.05) is 19.6 Å². The summed E-state index contributed by atoms with van der Waals surface area (Å²) >= 11 is 0. The molecule has 2 fully saturated rings. The fourth-order valence-electron chi connectivity index (χ4n) is 2.32. The maximum Gasteiger partial charge on any atom is 0.0678 e. The Hall–Kier alpha value is -0.0800.